The summed E-state index contributed by atoms with van der Waals surface area (Å²) in [4.78, 5) is 10.4. The normalized spacial score (nSPS) is 13.6. The number of amides is 1. The minimum atomic E-state index is -1.03. The zero-order valence-electron chi connectivity index (χ0n) is 5.38. The van der Waals surface area contributed by atoms with Gasteiger partial charge in [0.2, 0.25) is 5.91 Å². The van der Waals surface area contributed by atoms with Crippen LogP contribution < -0.4 is 5.32 Å². The Morgan fingerprint density at radius 1 is 1.67 bits per heavy atom. The van der Waals surface area contributed by atoms with Crippen molar-refractivity contribution in [3.05, 3.63) is 11.5 Å². The summed E-state index contributed by atoms with van der Waals surface area (Å²) in [5.41, 5.74) is 0. The minimum Gasteiger partial charge on any atom is -0.356 e. The Balaban J connectivity index is 3.71. The lowest BCUT2D eigenvalue weighted by molar-refractivity contribution is -0.116. The van der Waals surface area contributed by atoms with Gasteiger partial charge in [-0.2, -0.15) is 0 Å². The Hall–Kier alpha value is -0.640. The molecule has 4 heteroatoms. The Kier molecular flexibility index (Phi) is 3.96. The van der Waals surface area contributed by atoms with Gasteiger partial charge in [0, 0.05) is 35.6 Å². The summed E-state index contributed by atoms with van der Waals surface area (Å²) in [5.74, 6) is -0.231. The maximum atomic E-state index is 10.4. The van der Waals surface area contributed by atoms with E-state index < -0.39 is 10.8 Å². The number of rotatable bonds is 2. The molecular weight excluding hydrogens is 138 g/mol. The fraction of sp³-hybridized carbons (Fsp3) is 0.400. The molecule has 0 saturated heterocycles. The van der Waals surface area contributed by atoms with Crippen molar-refractivity contribution in [1.82, 2.24) is 5.32 Å². The van der Waals surface area contributed by atoms with Crippen LogP contribution in [0.25, 0.3) is 0 Å². The zero-order chi connectivity index (χ0) is 7.28. The van der Waals surface area contributed by atoms with Gasteiger partial charge >= 0.3 is 0 Å². The molecule has 1 unspecified atom stereocenters. The zero-order valence-corrected chi connectivity index (χ0v) is 6.20. The highest BCUT2D eigenvalue weighted by Gasteiger charge is 1.86. The van der Waals surface area contributed by atoms with Gasteiger partial charge in [-0.15, -0.1) is 0 Å². The van der Waals surface area contributed by atoms with Gasteiger partial charge in [0.25, 0.3) is 0 Å². The summed E-state index contributed by atoms with van der Waals surface area (Å²) < 4.78 is 10.3. The van der Waals surface area contributed by atoms with Crippen molar-refractivity contribution < 1.29 is 9.00 Å². The van der Waals surface area contributed by atoms with E-state index in [2.05, 4.69) is 5.32 Å². The largest absolute Gasteiger partial charge is 0.356 e. The van der Waals surface area contributed by atoms with Gasteiger partial charge in [-0.1, -0.05) is 0 Å². The van der Waals surface area contributed by atoms with E-state index in [1.165, 1.54) is 24.8 Å². The molecule has 0 aliphatic heterocycles. The molecule has 0 aliphatic rings. The summed E-state index contributed by atoms with van der Waals surface area (Å²) >= 11 is 0. The number of hydrogen-bond acceptors (Lipinski definition) is 2. The van der Waals surface area contributed by atoms with Crippen molar-refractivity contribution >= 4 is 16.7 Å². The highest BCUT2D eigenvalue weighted by atomic mass is 32.2. The number of hydrogen-bond donors (Lipinski definition) is 1. The average Bonchev–Trinajstić information content (AvgIpc) is 1.83. The average molecular weight is 147 g/mol. The molecule has 3 nitrogen and oxygen atoms in total. The van der Waals surface area contributed by atoms with Crippen LogP contribution in [-0.4, -0.2) is 23.4 Å². The van der Waals surface area contributed by atoms with E-state index >= 15 is 0 Å². The van der Waals surface area contributed by atoms with Crippen LogP contribution in [0.3, 0.4) is 0 Å². The first kappa shape index (κ1) is 8.36. The molecule has 0 fully saturated rings. The molecule has 0 saturated carbocycles. The number of carbonyl (C=O) groups excluding carboxylic acids is 1. The Morgan fingerprint density at radius 2 is 2.22 bits per heavy atom. The van der Waals surface area contributed by atoms with Crippen LogP contribution in [-0.2, 0) is 15.6 Å². The first-order valence-corrected chi connectivity index (χ1v) is 4.01. The standard InChI is InChI=1S/C5H9NO2S/c1-6-5(7)3-4-9(2)8/h3-4H,1-2H3,(H,6,7)/b4-3-. The second-order valence-electron chi connectivity index (χ2n) is 1.42. The number of nitrogens with one attached hydrogen (secondary N) is 1. The van der Waals surface area contributed by atoms with Gasteiger partial charge in [-0.3, -0.25) is 9.00 Å². The Bertz CT molecular complexity index is 153. The summed E-state index contributed by atoms with van der Waals surface area (Å²) in [6.45, 7) is 0. The van der Waals surface area contributed by atoms with Crippen LogP contribution in [0.4, 0.5) is 0 Å². The smallest absolute Gasteiger partial charge is 0.244 e. The van der Waals surface area contributed by atoms with Crippen molar-refractivity contribution in [3.8, 4) is 0 Å². The van der Waals surface area contributed by atoms with Gasteiger partial charge in [-0.05, 0) is 0 Å². The van der Waals surface area contributed by atoms with Gasteiger partial charge < -0.3 is 5.32 Å². The topological polar surface area (TPSA) is 46.2 Å². The molecule has 0 bridgehead atoms. The number of likely N-dealkylation sites (N-methyl/N-ethyl adjacent to an activating group) is 1. The van der Waals surface area contributed by atoms with Gasteiger partial charge in [0.15, 0.2) is 0 Å². The third kappa shape index (κ3) is 5.23. The molecule has 1 atom stereocenters. The molecule has 0 spiro atoms. The first-order valence-electron chi connectivity index (χ1n) is 2.39. The Labute approximate surface area is 56.6 Å². The molecule has 0 rings (SSSR count). The minimum absolute atomic E-state index is 0.231. The molecule has 52 valence electrons. The Morgan fingerprint density at radius 3 is 2.56 bits per heavy atom. The number of carbonyl (C=O) groups is 1. The lowest BCUT2D eigenvalue weighted by Crippen LogP contribution is -2.14. The fourth-order valence-electron chi connectivity index (χ4n) is 0.241. The van der Waals surface area contributed by atoms with Crippen LogP contribution in [0.5, 0.6) is 0 Å². The van der Waals surface area contributed by atoms with E-state index in [-0.39, 0.29) is 5.91 Å². The summed E-state index contributed by atoms with van der Waals surface area (Å²) in [6.07, 6.45) is 2.75. The van der Waals surface area contributed by atoms with Crippen molar-refractivity contribution in [2.24, 2.45) is 0 Å². The maximum Gasteiger partial charge on any atom is 0.244 e. The molecule has 0 aromatic carbocycles. The highest BCUT2D eigenvalue weighted by molar-refractivity contribution is 7.87. The quantitative estimate of drug-likeness (QED) is 0.541. The van der Waals surface area contributed by atoms with E-state index in [1.54, 1.807) is 0 Å². The second-order valence-corrected chi connectivity index (χ2v) is 2.68. The van der Waals surface area contributed by atoms with E-state index in [1.807, 2.05) is 0 Å². The predicted octanol–water partition coefficient (Wildman–Crippen LogP) is -0.375. The highest BCUT2D eigenvalue weighted by Crippen LogP contribution is 1.76. The second kappa shape index (κ2) is 4.26. The van der Waals surface area contributed by atoms with E-state index in [4.69, 9.17) is 0 Å². The van der Waals surface area contributed by atoms with E-state index in [0.717, 1.165) is 0 Å². The summed E-state index contributed by atoms with van der Waals surface area (Å²) in [6, 6.07) is 0. The molecule has 9 heavy (non-hydrogen) atoms. The van der Waals surface area contributed by atoms with E-state index in [0.29, 0.717) is 0 Å². The molecule has 0 aliphatic carbocycles. The summed E-state index contributed by atoms with van der Waals surface area (Å²) in [5, 5.41) is 3.69. The third-order valence-corrected chi connectivity index (χ3v) is 1.18. The van der Waals surface area contributed by atoms with Crippen LogP contribution >= 0.6 is 0 Å². The van der Waals surface area contributed by atoms with Crippen molar-refractivity contribution in [2.45, 2.75) is 0 Å². The summed E-state index contributed by atoms with van der Waals surface area (Å²) in [7, 11) is 0.490. The molecular formula is C5H9NO2S. The van der Waals surface area contributed by atoms with Crippen LogP contribution in [0.1, 0.15) is 0 Å². The van der Waals surface area contributed by atoms with Crippen molar-refractivity contribution in [3.63, 3.8) is 0 Å². The van der Waals surface area contributed by atoms with E-state index in [9.17, 15) is 9.00 Å². The molecule has 0 heterocycles. The van der Waals surface area contributed by atoms with Crippen molar-refractivity contribution in [1.29, 1.82) is 0 Å². The molecule has 0 radical (unpaired) electrons. The fourth-order valence-corrected chi connectivity index (χ4v) is 0.556. The van der Waals surface area contributed by atoms with Crippen molar-refractivity contribution in [2.75, 3.05) is 13.3 Å². The predicted molar refractivity (Wildman–Crippen MR) is 37.3 cm³/mol. The third-order valence-electron chi connectivity index (χ3n) is 0.657. The molecule has 0 aromatic rings. The lowest BCUT2D eigenvalue weighted by atomic mass is 10.6. The molecule has 1 N–H and O–H groups in total. The monoisotopic (exact) mass is 147 g/mol. The maximum absolute atomic E-state index is 10.4. The van der Waals surface area contributed by atoms with Gasteiger partial charge in [0.05, 0.1) is 0 Å². The van der Waals surface area contributed by atoms with Crippen LogP contribution in [0, 0.1) is 0 Å². The molecule has 1 amide bonds. The van der Waals surface area contributed by atoms with Gasteiger partial charge in [0.1, 0.15) is 0 Å². The first-order chi connectivity index (χ1) is 4.16. The van der Waals surface area contributed by atoms with Crippen LogP contribution in [0.2, 0.25) is 0 Å². The van der Waals surface area contributed by atoms with Crippen LogP contribution in [0.15, 0.2) is 11.5 Å². The lowest BCUT2D eigenvalue weighted by Gasteiger charge is -1.86. The molecule has 0 aromatic heterocycles. The SMILES string of the molecule is CNC(=O)/C=C\S(C)=O. The van der Waals surface area contributed by atoms with Gasteiger partial charge in [-0.25, -0.2) is 0 Å².